The maximum absolute atomic E-state index is 12.0. The number of morpholine rings is 1. The van der Waals surface area contributed by atoms with Crippen LogP contribution in [0.25, 0.3) is 0 Å². The highest BCUT2D eigenvalue weighted by atomic mass is 32.2. The molecule has 1 aromatic carbocycles. The van der Waals surface area contributed by atoms with Gasteiger partial charge in [-0.3, -0.25) is 9.36 Å². The van der Waals surface area contributed by atoms with Crippen molar-refractivity contribution in [1.82, 2.24) is 14.8 Å². The first-order chi connectivity index (χ1) is 12.4. The highest BCUT2D eigenvalue weighted by Crippen LogP contribution is 2.30. The fourth-order valence-corrected chi connectivity index (χ4v) is 4.69. The lowest BCUT2D eigenvalue weighted by Crippen LogP contribution is -2.37. The summed E-state index contributed by atoms with van der Waals surface area (Å²) in [6.45, 7) is 10.9. The zero-order chi connectivity index (χ0) is 18.8. The van der Waals surface area contributed by atoms with Gasteiger partial charge in [0.25, 0.3) is 0 Å². The second-order valence-electron chi connectivity index (χ2n) is 6.77. The number of ether oxygens (including phenoxy) is 1. The van der Waals surface area contributed by atoms with Crippen LogP contribution >= 0.6 is 11.8 Å². The van der Waals surface area contributed by atoms with E-state index < -0.39 is 0 Å². The Labute approximate surface area is 158 Å². The zero-order valence-corrected chi connectivity index (χ0v) is 16.9. The van der Waals surface area contributed by atoms with Crippen molar-refractivity contribution in [3.05, 3.63) is 33.9 Å². The minimum atomic E-state index is 0.125. The number of aromatic nitrogens is 3. The number of hydrogen-bond acceptors (Lipinski definition) is 6. The molecular formula is C19H26N4O2S. The van der Waals surface area contributed by atoms with Crippen LogP contribution in [0.2, 0.25) is 0 Å². The van der Waals surface area contributed by atoms with E-state index in [2.05, 4.69) is 28.1 Å². The molecule has 1 aliphatic rings. The summed E-state index contributed by atoms with van der Waals surface area (Å²) < 4.78 is 7.45. The quantitative estimate of drug-likeness (QED) is 0.592. The number of benzene rings is 1. The SMILES string of the molecule is CC(=O)c1c(C)cc(C)c(CSc2nnc(N3CCOCC3)n2C)c1C. The summed E-state index contributed by atoms with van der Waals surface area (Å²) in [4.78, 5) is 14.2. The highest BCUT2D eigenvalue weighted by Gasteiger charge is 2.20. The largest absolute Gasteiger partial charge is 0.378 e. The molecule has 0 unspecified atom stereocenters. The first-order valence-electron chi connectivity index (χ1n) is 8.85. The van der Waals surface area contributed by atoms with Crippen LogP contribution < -0.4 is 4.90 Å². The molecule has 6 nitrogen and oxygen atoms in total. The van der Waals surface area contributed by atoms with E-state index in [0.717, 1.165) is 59.9 Å². The fourth-order valence-electron chi connectivity index (χ4n) is 3.60. The first-order valence-corrected chi connectivity index (χ1v) is 9.84. The van der Waals surface area contributed by atoms with Gasteiger partial charge in [-0.2, -0.15) is 0 Å². The normalized spacial score (nSPS) is 14.7. The van der Waals surface area contributed by atoms with Gasteiger partial charge in [0, 0.05) is 31.5 Å². The number of ketones is 1. The van der Waals surface area contributed by atoms with E-state index in [1.165, 1.54) is 11.1 Å². The molecule has 7 heteroatoms. The lowest BCUT2D eigenvalue weighted by molar-refractivity contribution is 0.101. The Morgan fingerprint density at radius 2 is 1.88 bits per heavy atom. The minimum absolute atomic E-state index is 0.125. The van der Waals surface area contributed by atoms with Gasteiger partial charge in [-0.25, -0.2) is 0 Å². The molecule has 140 valence electrons. The van der Waals surface area contributed by atoms with Crippen LogP contribution in [-0.4, -0.2) is 46.9 Å². The first kappa shape index (κ1) is 18.9. The fraction of sp³-hybridized carbons (Fsp3) is 0.526. The maximum Gasteiger partial charge on any atom is 0.227 e. The lowest BCUT2D eigenvalue weighted by Gasteiger charge is -2.27. The number of carbonyl (C=O) groups is 1. The van der Waals surface area contributed by atoms with Crippen LogP contribution in [0.5, 0.6) is 0 Å². The van der Waals surface area contributed by atoms with Crippen molar-refractivity contribution in [3.8, 4) is 0 Å². The molecule has 3 rings (SSSR count). The van der Waals surface area contributed by atoms with E-state index in [0.29, 0.717) is 0 Å². The van der Waals surface area contributed by atoms with Crippen LogP contribution in [0.4, 0.5) is 5.95 Å². The third-order valence-corrected chi connectivity index (χ3v) is 5.98. The Morgan fingerprint density at radius 3 is 2.54 bits per heavy atom. The number of nitrogens with zero attached hydrogens (tertiary/aromatic N) is 4. The van der Waals surface area contributed by atoms with E-state index in [9.17, 15) is 4.79 Å². The Balaban J connectivity index is 1.81. The second-order valence-corrected chi connectivity index (χ2v) is 7.72. The predicted molar refractivity (Wildman–Crippen MR) is 104 cm³/mol. The van der Waals surface area contributed by atoms with Crippen LogP contribution in [-0.2, 0) is 17.5 Å². The van der Waals surface area contributed by atoms with Gasteiger partial charge in [0.2, 0.25) is 5.95 Å². The topological polar surface area (TPSA) is 60.3 Å². The standard InChI is InChI=1S/C19H26N4O2S/c1-12-10-13(2)17(15(4)24)14(3)16(12)11-26-19-21-20-18(22(19)5)23-6-8-25-9-7-23/h10H,6-9,11H2,1-5H3. The second kappa shape index (κ2) is 7.80. The Hall–Kier alpha value is -1.86. The summed E-state index contributed by atoms with van der Waals surface area (Å²) >= 11 is 1.66. The molecule has 1 saturated heterocycles. The van der Waals surface area contributed by atoms with E-state index in [1.807, 2.05) is 25.5 Å². The number of aryl methyl sites for hydroxylation is 2. The van der Waals surface area contributed by atoms with Crippen molar-refractivity contribution >= 4 is 23.5 Å². The molecule has 0 N–H and O–H groups in total. The van der Waals surface area contributed by atoms with Crippen LogP contribution in [0.3, 0.4) is 0 Å². The average molecular weight is 375 g/mol. The van der Waals surface area contributed by atoms with Gasteiger partial charge in [-0.15, -0.1) is 10.2 Å². The van der Waals surface area contributed by atoms with Gasteiger partial charge < -0.3 is 9.64 Å². The predicted octanol–water partition coefficient (Wildman–Crippen LogP) is 3.07. The smallest absolute Gasteiger partial charge is 0.227 e. The number of carbonyl (C=O) groups excluding carboxylic acids is 1. The van der Waals surface area contributed by atoms with Crippen molar-refractivity contribution < 1.29 is 9.53 Å². The minimum Gasteiger partial charge on any atom is -0.378 e. The number of thioether (sulfide) groups is 1. The molecule has 0 atom stereocenters. The van der Waals surface area contributed by atoms with Gasteiger partial charge in [0.05, 0.1) is 13.2 Å². The summed E-state index contributed by atoms with van der Waals surface area (Å²) in [6.07, 6.45) is 0. The van der Waals surface area contributed by atoms with Gasteiger partial charge in [0.15, 0.2) is 10.9 Å². The molecule has 2 aromatic rings. The Bertz CT molecular complexity index is 825. The Kier molecular flexibility index (Phi) is 5.67. The van der Waals surface area contributed by atoms with E-state index in [-0.39, 0.29) is 5.78 Å². The number of Topliss-reactive ketones (excluding diaryl/α,β-unsaturated/α-hetero) is 1. The summed E-state index contributed by atoms with van der Waals surface area (Å²) in [5, 5.41) is 9.62. The number of hydrogen-bond donors (Lipinski definition) is 0. The van der Waals surface area contributed by atoms with Crippen LogP contribution in [0.15, 0.2) is 11.2 Å². The molecule has 26 heavy (non-hydrogen) atoms. The zero-order valence-electron chi connectivity index (χ0n) is 16.1. The summed E-state index contributed by atoms with van der Waals surface area (Å²) in [7, 11) is 2.00. The molecule has 0 spiro atoms. The third kappa shape index (κ3) is 3.64. The molecule has 0 radical (unpaired) electrons. The summed E-state index contributed by atoms with van der Waals surface area (Å²) in [6, 6.07) is 2.11. The van der Waals surface area contributed by atoms with Crippen molar-refractivity contribution in [2.45, 2.75) is 38.6 Å². The summed E-state index contributed by atoms with van der Waals surface area (Å²) in [5.74, 6) is 1.78. The molecule has 0 amide bonds. The monoisotopic (exact) mass is 374 g/mol. The van der Waals surface area contributed by atoms with Gasteiger partial charge in [-0.1, -0.05) is 17.8 Å². The number of anilines is 1. The number of rotatable bonds is 5. The van der Waals surface area contributed by atoms with Crippen molar-refractivity contribution in [2.75, 3.05) is 31.2 Å². The Morgan fingerprint density at radius 1 is 1.19 bits per heavy atom. The maximum atomic E-state index is 12.0. The van der Waals surface area contributed by atoms with Gasteiger partial charge >= 0.3 is 0 Å². The average Bonchev–Trinajstić information content (AvgIpc) is 2.95. The molecule has 1 aromatic heterocycles. The molecule has 0 aliphatic carbocycles. The van der Waals surface area contributed by atoms with E-state index >= 15 is 0 Å². The third-order valence-electron chi connectivity index (χ3n) is 4.93. The molecule has 1 aliphatic heterocycles. The van der Waals surface area contributed by atoms with Gasteiger partial charge in [0.1, 0.15) is 0 Å². The van der Waals surface area contributed by atoms with Crippen molar-refractivity contribution in [2.24, 2.45) is 7.05 Å². The van der Waals surface area contributed by atoms with E-state index in [1.54, 1.807) is 18.7 Å². The van der Waals surface area contributed by atoms with Gasteiger partial charge in [-0.05, 0) is 49.9 Å². The molecule has 1 fully saturated rings. The molecular weight excluding hydrogens is 348 g/mol. The molecule has 2 heterocycles. The van der Waals surface area contributed by atoms with Crippen LogP contribution in [0.1, 0.15) is 39.5 Å². The van der Waals surface area contributed by atoms with E-state index in [4.69, 9.17) is 4.74 Å². The molecule has 0 saturated carbocycles. The summed E-state index contributed by atoms with van der Waals surface area (Å²) in [5.41, 5.74) is 5.40. The molecule has 0 bridgehead atoms. The van der Waals surface area contributed by atoms with Crippen LogP contribution in [0, 0.1) is 20.8 Å². The van der Waals surface area contributed by atoms with Crippen molar-refractivity contribution in [3.63, 3.8) is 0 Å². The lowest BCUT2D eigenvalue weighted by atomic mass is 9.92. The highest BCUT2D eigenvalue weighted by molar-refractivity contribution is 7.98. The van der Waals surface area contributed by atoms with Crippen molar-refractivity contribution in [1.29, 1.82) is 0 Å².